The fraction of sp³-hybridized carbons (Fsp3) is 0.167. The fourth-order valence-corrected chi connectivity index (χ4v) is 5.50. The fourth-order valence-electron chi connectivity index (χ4n) is 5.50. The largest absolute Gasteiger partial charge is 0.372 e. The van der Waals surface area contributed by atoms with E-state index < -0.39 is 0 Å². The third-order valence-corrected chi connectivity index (χ3v) is 7.47. The van der Waals surface area contributed by atoms with Gasteiger partial charge in [-0.2, -0.15) is 0 Å². The molecule has 0 amide bonds. The lowest BCUT2D eigenvalue weighted by Crippen LogP contribution is -2.07. The molecule has 0 aliphatic rings. The average molecular weight is 512 g/mol. The molecule has 39 heavy (non-hydrogen) atoms. The molecule has 3 heteroatoms. The zero-order chi connectivity index (χ0) is 26.4. The number of nitrogens with zero attached hydrogens (tertiary/aromatic N) is 1. The molecule has 0 atom stereocenters. The summed E-state index contributed by atoms with van der Waals surface area (Å²) in [4.78, 5) is 0. The van der Waals surface area contributed by atoms with E-state index in [9.17, 15) is 0 Å². The minimum absolute atomic E-state index is 0.520. The second kappa shape index (κ2) is 11.7. The topological polar surface area (TPSA) is 23.4 Å². The minimum atomic E-state index is 0.520. The van der Waals surface area contributed by atoms with Crippen molar-refractivity contribution in [1.29, 1.82) is 0 Å². The summed E-state index contributed by atoms with van der Waals surface area (Å²) in [6.07, 6.45) is 0.841. The molecule has 0 saturated carbocycles. The molecule has 0 radical (unpaired) electrons. The monoisotopic (exact) mass is 511 g/mol. The predicted molar refractivity (Wildman–Crippen MR) is 160 cm³/mol. The van der Waals surface area contributed by atoms with Crippen molar-refractivity contribution in [2.45, 2.75) is 32.8 Å². The highest BCUT2D eigenvalue weighted by Crippen LogP contribution is 2.36. The minimum Gasteiger partial charge on any atom is -0.372 e. The van der Waals surface area contributed by atoms with Crippen LogP contribution in [0.1, 0.15) is 33.4 Å². The van der Waals surface area contributed by atoms with Gasteiger partial charge in [0.25, 0.3) is 0 Å². The normalized spacial score (nSPS) is 11.4. The molecule has 194 valence electrons. The Hall–Kier alpha value is -4.18. The number of rotatable bonds is 10. The number of hydrogen-bond acceptors (Lipinski definition) is 2. The molecule has 0 spiro atoms. The van der Waals surface area contributed by atoms with Crippen molar-refractivity contribution in [3.63, 3.8) is 0 Å². The highest BCUT2D eigenvalue weighted by molar-refractivity contribution is 6.10. The molecule has 0 aliphatic heterocycles. The van der Waals surface area contributed by atoms with Crippen molar-refractivity contribution < 1.29 is 9.47 Å². The molecule has 1 aromatic heterocycles. The lowest BCUT2D eigenvalue weighted by molar-refractivity contribution is 0.0937. The summed E-state index contributed by atoms with van der Waals surface area (Å²) in [6, 6.07) is 42.5. The second-order valence-electron chi connectivity index (χ2n) is 10.1. The van der Waals surface area contributed by atoms with Crippen molar-refractivity contribution in [3.8, 4) is 0 Å². The molecular formula is C36H33NO2. The summed E-state index contributed by atoms with van der Waals surface area (Å²) in [5.41, 5.74) is 9.83. The van der Waals surface area contributed by atoms with E-state index >= 15 is 0 Å². The van der Waals surface area contributed by atoms with Gasteiger partial charge in [0.1, 0.15) is 0 Å². The molecule has 5 aromatic carbocycles. The molecule has 0 aliphatic carbocycles. The number of aryl methyl sites for hydroxylation is 1. The lowest BCUT2D eigenvalue weighted by atomic mass is 9.92. The number of para-hydroxylation sites is 1. The predicted octanol–water partition coefficient (Wildman–Crippen LogP) is 8.36. The van der Waals surface area contributed by atoms with E-state index in [1.165, 1.54) is 55.2 Å². The van der Waals surface area contributed by atoms with Gasteiger partial charge in [0.15, 0.2) is 0 Å². The maximum atomic E-state index is 6.42. The van der Waals surface area contributed by atoms with Crippen LogP contribution in [0, 0.1) is 0 Å². The summed E-state index contributed by atoms with van der Waals surface area (Å²) < 4.78 is 15.1. The van der Waals surface area contributed by atoms with E-state index in [-0.39, 0.29) is 0 Å². The second-order valence-corrected chi connectivity index (χ2v) is 10.1. The van der Waals surface area contributed by atoms with E-state index in [0.29, 0.717) is 26.4 Å². The third-order valence-electron chi connectivity index (χ3n) is 7.47. The van der Waals surface area contributed by atoms with Crippen molar-refractivity contribution in [3.05, 3.63) is 155 Å². The maximum absolute atomic E-state index is 6.42. The quantitative estimate of drug-likeness (QED) is 0.184. The molecule has 1 heterocycles. The van der Waals surface area contributed by atoms with Crippen LogP contribution in [-0.2, 0) is 49.4 Å². The van der Waals surface area contributed by atoms with Crippen LogP contribution in [0.2, 0.25) is 0 Å². The first kappa shape index (κ1) is 25.1. The van der Waals surface area contributed by atoms with Crippen LogP contribution in [0.5, 0.6) is 0 Å². The van der Waals surface area contributed by atoms with Gasteiger partial charge in [-0.3, -0.25) is 0 Å². The van der Waals surface area contributed by atoms with E-state index in [0.717, 1.165) is 6.42 Å². The van der Waals surface area contributed by atoms with Gasteiger partial charge < -0.3 is 14.0 Å². The number of fused-ring (bicyclic) bond motifs is 3. The SMILES string of the molecule is Cn1c2ccccc2c2c(COCc3ccccc3)c(COCc3ccccc3)c(Cc3ccccc3)cc21. The van der Waals surface area contributed by atoms with Crippen molar-refractivity contribution in [1.82, 2.24) is 4.57 Å². The van der Waals surface area contributed by atoms with Crippen LogP contribution < -0.4 is 0 Å². The average Bonchev–Trinajstić information content (AvgIpc) is 3.27. The number of ether oxygens (including phenoxy) is 2. The molecule has 0 saturated heterocycles. The molecule has 0 fully saturated rings. The Morgan fingerprint density at radius 2 is 1.03 bits per heavy atom. The van der Waals surface area contributed by atoms with E-state index in [1.807, 2.05) is 12.1 Å². The summed E-state index contributed by atoms with van der Waals surface area (Å²) in [7, 11) is 2.16. The van der Waals surface area contributed by atoms with Crippen LogP contribution in [0.15, 0.2) is 121 Å². The van der Waals surface area contributed by atoms with Crippen LogP contribution in [0.25, 0.3) is 21.8 Å². The summed E-state index contributed by atoms with van der Waals surface area (Å²) in [6.45, 7) is 2.19. The van der Waals surface area contributed by atoms with Crippen molar-refractivity contribution in [2.24, 2.45) is 7.05 Å². The first-order valence-electron chi connectivity index (χ1n) is 13.6. The number of aromatic nitrogens is 1. The lowest BCUT2D eigenvalue weighted by Gasteiger charge is -2.19. The van der Waals surface area contributed by atoms with Crippen LogP contribution in [0.4, 0.5) is 0 Å². The zero-order valence-electron chi connectivity index (χ0n) is 22.3. The van der Waals surface area contributed by atoms with Crippen LogP contribution in [-0.4, -0.2) is 4.57 Å². The van der Waals surface area contributed by atoms with E-state index in [4.69, 9.17) is 9.47 Å². The highest BCUT2D eigenvalue weighted by atomic mass is 16.5. The Morgan fingerprint density at radius 3 is 1.64 bits per heavy atom. The van der Waals surface area contributed by atoms with Gasteiger partial charge in [0.05, 0.1) is 26.4 Å². The van der Waals surface area contributed by atoms with E-state index in [2.05, 4.69) is 121 Å². The zero-order valence-corrected chi connectivity index (χ0v) is 22.3. The van der Waals surface area contributed by atoms with Gasteiger partial charge >= 0.3 is 0 Å². The summed E-state index contributed by atoms with van der Waals surface area (Å²) >= 11 is 0. The molecular weight excluding hydrogens is 478 g/mol. The van der Waals surface area contributed by atoms with Gasteiger partial charge in [0, 0.05) is 28.9 Å². The van der Waals surface area contributed by atoms with Gasteiger partial charge in [-0.05, 0) is 51.9 Å². The Morgan fingerprint density at radius 1 is 0.513 bits per heavy atom. The van der Waals surface area contributed by atoms with Gasteiger partial charge in [-0.25, -0.2) is 0 Å². The summed E-state index contributed by atoms with van der Waals surface area (Å²) in [5.74, 6) is 0. The molecule has 0 N–H and O–H groups in total. The number of hydrogen-bond donors (Lipinski definition) is 0. The molecule has 6 rings (SSSR count). The van der Waals surface area contributed by atoms with Crippen LogP contribution in [0.3, 0.4) is 0 Å². The number of benzene rings is 5. The van der Waals surface area contributed by atoms with Gasteiger partial charge in [-0.15, -0.1) is 0 Å². The molecule has 0 unspecified atom stereocenters. The Balaban J connectivity index is 1.45. The Bertz CT molecular complexity index is 1670. The summed E-state index contributed by atoms with van der Waals surface area (Å²) in [5, 5.41) is 2.51. The smallest absolute Gasteiger partial charge is 0.0731 e. The Kier molecular flexibility index (Phi) is 7.53. The van der Waals surface area contributed by atoms with Gasteiger partial charge in [-0.1, -0.05) is 109 Å². The van der Waals surface area contributed by atoms with Crippen LogP contribution >= 0.6 is 0 Å². The molecule has 0 bridgehead atoms. The third kappa shape index (κ3) is 5.51. The standard InChI is InChI=1S/C36H33NO2/c1-37-34-20-12-11-19-31(34)36-33(26-39-24-29-17-9-4-10-18-29)32(25-38-23-28-15-7-3-8-16-28)30(22-35(36)37)21-27-13-5-2-6-14-27/h2-20,22H,21,23-26H2,1H3. The van der Waals surface area contributed by atoms with E-state index in [1.54, 1.807) is 0 Å². The molecule has 3 nitrogen and oxygen atoms in total. The van der Waals surface area contributed by atoms with Gasteiger partial charge in [0.2, 0.25) is 0 Å². The highest BCUT2D eigenvalue weighted by Gasteiger charge is 2.20. The Labute approximate surface area is 230 Å². The maximum Gasteiger partial charge on any atom is 0.0731 e. The first-order chi connectivity index (χ1) is 19.3. The molecule has 6 aromatic rings. The van der Waals surface area contributed by atoms with Crippen molar-refractivity contribution in [2.75, 3.05) is 0 Å². The first-order valence-corrected chi connectivity index (χ1v) is 13.6. The van der Waals surface area contributed by atoms with Crippen molar-refractivity contribution >= 4 is 21.8 Å².